The zero-order valence-electron chi connectivity index (χ0n) is 17.4. The Morgan fingerprint density at radius 2 is 1.55 bits per heavy atom. The molecule has 0 spiro atoms. The first-order chi connectivity index (χ1) is 14.2. The topological polar surface area (TPSA) is 39.7 Å². The van der Waals surface area contributed by atoms with Crippen LogP contribution in [0.1, 0.15) is 22.3 Å². The Hall–Kier alpha value is -2.98. The van der Waals surface area contributed by atoms with Crippen LogP contribution in [0.5, 0.6) is 17.2 Å². The smallest absolute Gasteiger partial charge is 0.161 e. The van der Waals surface area contributed by atoms with E-state index in [1.165, 1.54) is 16.7 Å². The largest absolute Gasteiger partial charge is 0.497 e. The van der Waals surface area contributed by atoms with Gasteiger partial charge in [0.05, 0.1) is 14.2 Å². The fourth-order valence-corrected chi connectivity index (χ4v) is 3.16. The molecule has 0 bridgehead atoms. The predicted molar refractivity (Wildman–Crippen MR) is 117 cm³/mol. The number of rotatable bonds is 10. The highest BCUT2D eigenvalue weighted by molar-refractivity contribution is 5.43. The van der Waals surface area contributed by atoms with Crippen LogP contribution in [0.4, 0.5) is 0 Å². The second-order valence-electron chi connectivity index (χ2n) is 7.04. The van der Waals surface area contributed by atoms with Crippen LogP contribution in [-0.2, 0) is 19.6 Å². The molecule has 0 saturated heterocycles. The molecule has 29 heavy (non-hydrogen) atoms. The molecular weight excluding hydrogens is 362 g/mol. The molecular formula is C25H29NO3. The molecule has 3 aromatic rings. The van der Waals surface area contributed by atoms with E-state index in [0.717, 1.165) is 42.3 Å². The summed E-state index contributed by atoms with van der Waals surface area (Å²) in [5, 5.41) is 3.49. The van der Waals surface area contributed by atoms with Crippen LogP contribution in [0.3, 0.4) is 0 Å². The third-order valence-corrected chi connectivity index (χ3v) is 4.78. The molecule has 0 unspecified atom stereocenters. The quantitative estimate of drug-likeness (QED) is 0.498. The summed E-state index contributed by atoms with van der Waals surface area (Å²) in [6, 6.07) is 22.6. The monoisotopic (exact) mass is 391 g/mol. The van der Waals surface area contributed by atoms with Gasteiger partial charge in [0.25, 0.3) is 0 Å². The van der Waals surface area contributed by atoms with E-state index in [0.29, 0.717) is 6.61 Å². The minimum atomic E-state index is 0.525. The number of benzene rings is 3. The number of nitrogens with one attached hydrogen (secondary N) is 1. The number of ether oxygens (including phenoxy) is 3. The van der Waals surface area contributed by atoms with Crippen LogP contribution in [0.25, 0.3) is 0 Å². The fraction of sp³-hybridized carbons (Fsp3) is 0.280. The van der Waals surface area contributed by atoms with E-state index in [2.05, 4.69) is 48.6 Å². The lowest BCUT2D eigenvalue weighted by atomic mass is 10.1. The maximum atomic E-state index is 5.97. The second kappa shape index (κ2) is 10.5. The average molecular weight is 392 g/mol. The van der Waals surface area contributed by atoms with E-state index in [1.54, 1.807) is 14.2 Å². The van der Waals surface area contributed by atoms with Crippen molar-refractivity contribution in [3.05, 3.63) is 89.0 Å². The van der Waals surface area contributed by atoms with Gasteiger partial charge < -0.3 is 19.5 Å². The van der Waals surface area contributed by atoms with Gasteiger partial charge in [-0.2, -0.15) is 0 Å². The highest BCUT2D eigenvalue weighted by Crippen LogP contribution is 2.29. The summed E-state index contributed by atoms with van der Waals surface area (Å²) < 4.78 is 16.7. The van der Waals surface area contributed by atoms with E-state index in [-0.39, 0.29) is 0 Å². The van der Waals surface area contributed by atoms with Crippen LogP contribution in [0, 0.1) is 6.92 Å². The van der Waals surface area contributed by atoms with Gasteiger partial charge in [-0.1, -0.05) is 48.0 Å². The lowest BCUT2D eigenvalue weighted by Crippen LogP contribution is -2.16. The first-order valence-corrected chi connectivity index (χ1v) is 9.87. The number of hydrogen-bond donors (Lipinski definition) is 1. The van der Waals surface area contributed by atoms with Crippen LogP contribution < -0.4 is 19.5 Å². The maximum Gasteiger partial charge on any atom is 0.161 e. The minimum absolute atomic E-state index is 0.525. The van der Waals surface area contributed by atoms with Crippen LogP contribution in [0.15, 0.2) is 66.7 Å². The van der Waals surface area contributed by atoms with Crippen molar-refractivity contribution in [3.63, 3.8) is 0 Å². The molecule has 0 radical (unpaired) electrons. The van der Waals surface area contributed by atoms with Crippen molar-refractivity contribution in [2.24, 2.45) is 0 Å². The lowest BCUT2D eigenvalue weighted by Gasteiger charge is -2.13. The first-order valence-electron chi connectivity index (χ1n) is 9.87. The van der Waals surface area contributed by atoms with Crippen molar-refractivity contribution in [2.75, 3.05) is 20.8 Å². The minimum Gasteiger partial charge on any atom is -0.497 e. The molecule has 0 aliphatic carbocycles. The summed E-state index contributed by atoms with van der Waals surface area (Å²) in [6.07, 6.45) is 0.971. The van der Waals surface area contributed by atoms with Crippen molar-refractivity contribution in [1.29, 1.82) is 0 Å². The number of hydrogen-bond acceptors (Lipinski definition) is 4. The second-order valence-corrected chi connectivity index (χ2v) is 7.04. The van der Waals surface area contributed by atoms with Crippen molar-refractivity contribution in [3.8, 4) is 17.2 Å². The summed E-state index contributed by atoms with van der Waals surface area (Å²) in [6.45, 7) is 4.29. The molecule has 0 fully saturated rings. The van der Waals surface area contributed by atoms with Gasteiger partial charge in [0.15, 0.2) is 11.5 Å². The molecule has 3 rings (SSSR count). The van der Waals surface area contributed by atoms with Gasteiger partial charge >= 0.3 is 0 Å². The third kappa shape index (κ3) is 6.26. The highest BCUT2D eigenvalue weighted by Gasteiger charge is 2.07. The number of methoxy groups -OCH3 is 2. The van der Waals surface area contributed by atoms with Crippen molar-refractivity contribution in [2.45, 2.75) is 26.5 Å². The summed E-state index contributed by atoms with van der Waals surface area (Å²) in [5.41, 5.74) is 4.83. The first kappa shape index (κ1) is 20.7. The Kier molecular flexibility index (Phi) is 7.54. The van der Waals surface area contributed by atoms with Gasteiger partial charge in [0.2, 0.25) is 0 Å². The van der Waals surface area contributed by atoms with Gasteiger partial charge in [-0.05, 0) is 60.8 Å². The van der Waals surface area contributed by atoms with Gasteiger partial charge in [-0.15, -0.1) is 0 Å². The molecule has 0 amide bonds. The van der Waals surface area contributed by atoms with Crippen LogP contribution in [0.2, 0.25) is 0 Å². The van der Waals surface area contributed by atoms with Crippen LogP contribution in [-0.4, -0.2) is 20.8 Å². The molecule has 4 heteroatoms. The summed E-state index contributed by atoms with van der Waals surface area (Å²) in [5.74, 6) is 2.40. The normalized spacial score (nSPS) is 10.6. The standard InChI is InChI=1S/C25H29NO3/c1-19-5-4-6-22(15-19)18-29-24-12-9-21(16-25(24)28-3)17-26-14-13-20-7-10-23(27-2)11-8-20/h4-12,15-16,26H,13-14,17-18H2,1-3H3. The zero-order chi connectivity index (χ0) is 20.5. The van der Waals surface area contributed by atoms with Gasteiger partial charge in [-0.3, -0.25) is 0 Å². The van der Waals surface area contributed by atoms with Gasteiger partial charge in [-0.25, -0.2) is 0 Å². The maximum absolute atomic E-state index is 5.97. The van der Waals surface area contributed by atoms with Gasteiger partial charge in [0.1, 0.15) is 12.4 Å². The predicted octanol–water partition coefficient (Wildman–Crippen LogP) is 4.92. The van der Waals surface area contributed by atoms with E-state index in [4.69, 9.17) is 14.2 Å². The summed E-state index contributed by atoms with van der Waals surface area (Å²) in [4.78, 5) is 0. The third-order valence-electron chi connectivity index (χ3n) is 4.78. The average Bonchev–Trinajstić information content (AvgIpc) is 2.76. The Bertz CT molecular complexity index is 906. The van der Waals surface area contributed by atoms with Crippen molar-refractivity contribution >= 4 is 0 Å². The molecule has 0 aromatic heterocycles. The Labute approximate surface area is 173 Å². The van der Waals surface area contributed by atoms with E-state index in [1.807, 2.05) is 30.3 Å². The summed E-state index contributed by atoms with van der Waals surface area (Å²) in [7, 11) is 3.36. The molecule has 0 aliphatic rings. The molecule has 0 heterocycles. The van der Waals surface area contributed by atoms with Crippen molar-refractivity contribution < 1.29 is 14.2 Å². The molecule has 0 atom stereocenters. The molecule has 4 nitrogen and oxygen atoms in total. The molecule has 3 aromatic carbocycles. The Morgan fingerprint density at radius 3 is 2.28 bits per heavy atom. The Morgan fingerprint density at radius 1 is 0.759 bits per heavy atom. The lowest BCUT2D eigenvalue weighted by molar-refractivity contribution is 0.284. The SMILES string of the molecule is COc1ccc(CCNCc2ccc(OCc3cccc(C)c3)c(OC)c2)cc1. The molecule has 0 saturated carbocycles. The van der Waals surface area contributed by atoms with E-state index >= 15 is 0 Å². The fourth-order valence-electron chi connectivity index (χ4n) is 3.16. The van der Waals surface area contributed by atoms with Gasteiger partial charge in [0, 0.05) is 6.54 Å². The molecule has 1 N–H and O–H groups in total. The highest BCUT2D eigenvalue weighted by atomic mass is 16.5. The zero-order valence-corrected chi connectivity index (χ0v) is 17.4. The Balaban J connectivity index is 1.49. The molecule has 0 aliphatic heterocycles. The van der Waals surface area contributed by atoms with E-state index < -0.39 is 0 Å². The summed E-state index contributed by atoms with van der Waals surface area (Å²) >= 11 is 0. The van der Waals surface area contributed by atoms with Crippen LogP contribution >= 0.6 is 0 Å². The number of aryl methyl sites for hydroxylation is 1. The molecule has 152 valence electrons. The van der Waals surface area contributed by atoms with E-state index in [9.17, 15) is 0 Å². The van der Waals surface area contributed by atoms with Crippen molar-refractivity contribution in [1.82, 2.24) is 5.32 Å².